The SMILES string of the molecule is C=CC/C(Cl)=C\C(C)=C(\Cl)C(=C)C. The van der Waals surface area contributed by atoms with E-state index in [1.165, 1.54) is 0 Å². The van der Waals surface area contributed by atoms with Gasteiger partial charge in [0.15, 0.2) is 0 Å². The summed E-state index contributed by atoms with van der Waals surface area (Å²) < 4.78 is 0. The van der Waals surface area contributed by atoms with Crippen molar-refractivity contribution in [2.45, 2.75) is 20.3 Å². The van der Waals surface area contributed by atoms with E-state index in [4.69, 9.17) is 23.2 Å². The minimum absolute atomic E-state index is 0.666. The highest BCUT2D eigenvalue weighted by atomic mass is 35.5. The predicted molar refractivity (Wildman–Crippen MR) is 62.1 cm³/mol. The Balaban J connectivity index is 4.69. The van der Waals surface area contributed by atoms with Crippen molar-refractivity contribution in [2.75, 3.05) is 0 Å². The Morgan fingerprint density at radius 3 is 2.23 bits per heavy atom. The van der Waals surface area contributed by atoms with E-state index in [9.17, 15) is 0 Å². The van der Waals surface area contributed by atoms with Gasteiger partial charge >= 0.3 is 0 Å². The normalized spacial score (nSPS) is 13.7. The van der Waals surface area contributed by atoms with E-state index in [1.54, 1.807) is 6.08 Å². The summed E-state index contributed by atoms with van der Waals surface area (Å²) in [5.74, 6) is 0. The Labute approximate surface area is 90.2 Å². The molecule has 0 amide bonds. The smallest absolute Gasteiger partial charge is 0.0458 e. The van der Waals surface area contributed by atoms with Crippen LogP contribution in [-0.4, -0.2) is 0 Å². The van der Waals surface area contributed by atoms with E-state index in [2.05, 4.69) is 13.2 Å². The fourth-order valence-electron chi connectivity index (χ4n) is 0.832. The Hall–Kier alpha value is -0.460. The lowest BCUT2D eigenvalue weighted by molar-refractivity contribution is 1.32. The lowest BCUT2D eigenvalue weighted by Crippen LogP contribution is -1.80. The molecule has 0 radical (unpaired) electrons. The maximum absolute atomic E-state index is 5.96. The quantitative estimate of drug-likeness (QED) is 0.469. The zero-order chi connectivity index (χ0) is 10.4. The molecular formula is C11H14Cl2. The van der Waals surface area contributed by atoms with Crippen molar-refractivity contribution in [2.24, 2.45) is 0 Å². The summed E-state index contributed by atoms with van der Waals surface area (Å²) in [6, 6.07) is 0. The third-order valence-electron chi connectivity index (χ3n) is 1.43. The van der Waals surface area contributed by atoms with Gasteiger partial charge in [-0.2, -0.15) is 0 Å². The molecule has 0 aliphatic carbocycles. The third kappa shape index (κ3) is 4.97. The minimum atomic E-state index is 0.666. The topological polar surface area (TPSA) is 0 Å². The molecule has 0 fully saturated rings. The number of halogens is 2. The van der Waals surface area contributed by atoms with E-state index in [-0.39, 0.29) is 0 Å². The average Bonchev–Trinajstić information content (AvgIpc) is 2.03. The molecule has 0 saturated carbocycles. The molecular weight excluding hydrogens is 203 g/mol. The van der Waals surface area contributed by atoms with Crippen LogP contribution in [-0.2, 0) is 0 Å². The fourth-order valence-corrected chi connectivity index (χ4v) is 1.16. The minimum Gasteiger partial charge on any atom is -0.103 e. The molecule has 0 spiro atoms. The van der Waals surface area contributed by atoms with Gasteiger partial charge in [0, 0.05) is 16.5 Å². The van der Waals surface area contributed by atoms with Crippen molar-refractivity contribution in [1.29, 1.82) is 0 Å². The van der Waals surface area contributed by atoms with Crippen LogP contribution in [0.1, 0.15) is 20.3 Å². The standard InChI is InChI=1S/C11H14Cl2/c1-5-6-10(12)7-9(4)11(13)8(2)3/h5,7H,1-2,6H2,3-4H3/b10-7+,11-9+. The van der Waals surface area contributed by atoms with E-state index in [1.807, 2.05) is 19.9 Å². The average molecular weight is 217 g/mol. The molecule has 0 N–H and O–H groups in total. The molecule has 0 aromatic heterocycles. The molecule has 0 atom stereocenters. The Bertz CT molecular complexity index is 270. The Morgan fingerprint density at radius 1 is 1.31 bits per heavy atom. The van der Waals surface area contributed by atoms with Crippen LogP contribution in [0, 0.1) is 0 Å². The van der Waals surface area contributed by atoms with Gasteiger partial charge in [0.1, 0.15) is 0 Å². The van der Waals surface area contributed by atoms with Gasteiger partial charge in [0.2, 0.25) is 0 Å². The molecule has 0 heterocycles. The van der Waals surface area contributed by atoms with E-state index < -0.39 is 0 Å². The second-order valence-corrected chi connectivity index (χ2v) is 3.72. The fraction of sp³-hybridized carbons (Fsp3) is 0.273. The Morgan fingerprint density at radius 2 is 1.85 bits per heavy atom. The van der Waals surface area contributed by atoms with E-state index in [0.29, 0.717) is 11.5 Å². The number of allylic oxidation sites excluding steroid dienone is 6. The number of hydrogen-bond acceptors (Lipinski definition) is 0. The molecule has 0 bridgehead atoms. The van der Waals surface area contributed by atoms with Crippen molar-refractivity contribution >= 4 is 23.2 Å². The van der Waals surface area contributed by atoms with Gasteiger partial charge in [-0.05, 0) is 31.1 Å². The zero-order valence-corrected chi connectivity index (χ0v) is 9.54. The summed E-state index contributed by atoms with van der Waals surface area (Å²) in [6.45, 7) is 11.1. The highest BCUT2D eigenvalue weighted by Crippen LogP contribution is 2.21. The largest absolute Gasteiger partial charge is 0.103 e. The van der Waals surface area contributed by atoms with Gasteiger partial charge in [-0.25, -0.2) is 0 Å². The first-order chi connectivity index (χ1) is 5.99. The molecule has 2 heteroatoms. The van der Waals surface area contributed by atoms with Crippen LogP contribution in [0.3, 0.4) is 0 Å². The first kappa shape index (κ1) is 12.5. The maximum atomic E-state index is 5.96. The summed E-state index contributed by atoms with van der Waals surface area (Å²) in [4.78, 5) is 0. The van der Waals surface area contributed by atoms with Crippen LogP contribution < -0.4 is 0 Å². The molecule has 0 saturated heterocycles. The Kier molecular flexibility index (Phi) is 5.85. The molecule has 0 aliphatic rings. The lowest BCUT2D eigenvalue weighted by atomic mass is 10.2. The highest BCUT2D eigenvalue weighted by molar-refractivity contribution is 6.33. The van der Waals surface area contributed by atoms with Crippen molar-refractivity contribution < 1.29 is 0 Å². The first-order valence-corrected chi connectivity index (χ1v) is 4.73. The summed E-state index contributed by atoms with van der Waals surface area (Å²) in [6.07, 6.45) is 4.25. The summed E-state index contributed by atoms with van der Waals surface area (Å²) in [5, 5.41) is 1.40. The van der Waals surface area contributed by atoms with Gasteiger partial charge in [0.05, 0.1) is 0 Å². The van der Waals surface area contributed by atoms with Gasteiger partial charge in [-0.15, -0.1) is 6.58 Å². The van der Waals surface area contributed by atoms with Crippen molar-refractivity contribution in [1.82, 2.24) is 0 Å². The van der Waals surface area contributed by atoms with Crippen LogP contribution >= 0.6 is 23.2 Å². The van der Waals surface area contributed by atoms with Crippen LogP contribution in [0.15, 0.2) is 46.5 Å². The third-order valence-corrected chi connectivity index (χ3v) is 2.32. The molecule has 0 aromatic carbocycles. The van der Waals surface area contributed by atoms with Crippen molar-refractivity contribution in [3.63, 3.8) is 0 Å². The second-order valence-electron chi connectivity index (χ2n) is 2.86. The molecule has 0 unspecified atom stereocenters. The summed E-state index contributed by atoms with van der Waals surface area (Å²) in [5.41, 5.74) is 1.78. The van der Waals surface area contributed by atoms with Gasteiger partial charge in [-0.3, -0.25) is 0 Å². The molecule has 0 aliphatic heterocycles. The molecule has 0 rings (SSSR count). The van der Waals surface area contributed by atoms with Gasteiger partial charge in [-0.1, -0.05) is 35.9 Å². The summed E-state index contributed by atoms with van der Waals surface area (Å²) in [7, 11) is 0. The van der Waals surface area contributed by atoms with Crippen molar-refractivity contribution in [3.8, 4) is 0 Å². The van der Waals surface area contributed by atoms with Crippen LogP contribution in [0.2, 0.25) is 0 Å². The molecule has 72 valence electrons. The molecule has 0 nitrogen and oxygen atoms in total. The van der Waals surface area contributed by atoms with Gasteiger partial charge < -0.3 is 0 Å². The number of hydrogen-bond donors (Lipinski definition) is 0. The monoisotopic (exact) mass is 216 g/mol. The molecule has 13 heavy (non-hydrogen) atoms. The highest BCUT2D eigenvalue weighted by Gasteiger charge is 1.98. The first-order valence-electron chi connectivity index (χ1n) is 3.98. The van der Waals surface area contributed by atoms with Crippen LogP contribution in [0.5, 0.6) is 0 Å². The van der Waals surface area contributed by atoms with E-state index >= 15 is 0 Å². The van der Waals surface area contributed by atoms with Crippen LogP contribution in [0.25, 0.3) is 0 Å². The maximum Gasteiger partial charge on any atom is 0.0458 e. The van der Waals surface area contributed by atoms with E-state index in [0.717, 1.165) is 16.2 Å². The van der Waals surface area contributed by atoms with Crippen LogP contribution in [0.4, 0.5) is 0 Å². The lowest BCUT2D eigenvalue weighted by Gasteiger charge is -2.01. The molecule has 0 aromatic rings. The second kappa shape index (κ2) is 6.06. The number of rotatable bonds is 4. The zero-order valence-electron chi connectivity index (χ0n) is 8.03. The van der Waals surface area contributed by atoms with Crippen molar-refractivity contribution in [3.05, 3.63) is 46.5 Å². The predicted octanol–water partition coefficient (Wildman–Crippen LogP) is 4.77. The summed E-state index contributed by atoms with van der Waals surface area (Å²) >= 11 is 11.9. The van der Waals surface area contributed by atoms with Gasteiger partial charge in [0.25, 0.3) is 0 Å².